The zero-order chi connectivity index (χ0) is 19.9. The largest absolute Gasteiger partial charge is 0.354 e. The minimum absolute atomic E-state index is 1.14. The molecule has 0 aliphatic carbocycles. The van der Waals surface area contributed by atoms with Gasteiger partial charge in [-0.2, -0.15) is 0 Å². The van der Waals surface area contributed by atoms with Gasteiger partial charge in [0.05, 0.1) is 10.4 Å². The van der Waals surface area contributed by atoms with Crippen LogP contribution in [0.25, 0.3) is 42.1 Å². The summed E-state index contributed by atoms with van der Waals surface area (Å²) in [7, 11) is 0. The van der Waals surface area contributed by atoms with Gasteiger partial charge < -0.3 is 5.32 Å². The van der Waals surface area contributed by atoms with Crippen molar-refractivity contribution in [2.45, 2.75) is 0 Å². The Kier molecular flexibility index (Phi) is 4.03. The van der Waals surface area contributed by atoms with Crippen molar-refractivity contribution in [3.63, 3.8) is 0 Å². The highest BCUT2D eigenvalue weighted by atomic mass is 32.1. The van der Waals surface area contributed by atoms with Crippen LogP contribution >= 0.6 is 11.3 Å². The summed E-state index contributed by atoms with van der Waals surface area (Å²) in [5.74, 6) is 0. The fourth-order valence-electron chi connectivity index (χ4n) is 4.24. The minimum atomic E-state index is 1.14. The maximum Gasteiger partial charge on any atom is 0.0590 e. The van der Waals surface area contributed by atoms with E-state index in [1.807, 2.05) is 11.3 Å². The van der Waals surface area contributed by atoms with Crippen LogP contribution in [0.5, 0.6) is 0 Å². The maximum absolute atomic E-state index is 3.72. The van der Waals surface area contributed by atoms with E-state index in [2.05, 4.69) is 115 Å². The van der Waals surface area contributed by atoms with Crippen molar-refractivity contribution in [2.75, 3.05) is 5.32 Å². The summed E-state index contributed by atoms with van der Waals surface area (Å²) < 4.78 is 2.63. The Bertz CT molecular complexity index is 1510. The molecule has 0 aliphatic heterocycles. The van der Waals surface area contributed by atoms with Gasteiger partial charge in [0.15, 0.2) is 0 Å². The van der Waals surface area contributed by atoms with Crippen LogP contribution in [0.4, 0.5) is 11.4 Å². The van der Waals surface area contributed by atoms with Crippen LogP contribution in [-0.4, -0.2) is 0 Å². The molecule has 1 aromatic heterocycles. The van der Waals surface area contributed by atoms with Crippen molar-refractivity contribution in [3.05, 3.63) is 109 Å². The molecule has 1 nitrogen and oxygen atoms in total. The van der Waals surface area contributed by atoms with E-state index in [4.69, 9.17) is 0 Å². The first-order chi connectivity index (χ1) is 14.9. The van der Waals surface area contributed by atoms with E-state index in [1.54, 1.807) is 0 Å². The van der Waals surface area contributed by atoms with Crippen molar-refractivity contribution >= 4 is 53.7 Å². The first-order valence-corrected chi connectivity index (χ1v) is 10.9. The lowest BCUT2D eigenvalue weighted by Crippen LogP contribution is -1.91. The molecule has 2 heteroatoms. The van der Waals surface area contributed by atoms with E-state index in [1.165, 1.54) is 42.1 Å². The Balaban J connectivity index is 1.56. The summed E-state index contributed by atoms with van der Waals surface area (Å²) >= 11 is 1.87. The zero-order valence-corrected chi connectivity index (χ0v) is 17.1. The molecule has 0 atom stereocenters. The van der Waals surface area contributed by atoms with Crippen LogP contribution < -0.4 is 5.32 Å². The van der Waals surface area contributed by atoms with Crippen molar-refractivity contribution in [2.24, 2.45) is 0 Å². The van der Waals surface area contributed by atoms with E-state index in [0.717, 1.165) is 11.4 Å². The quantitative estimate of drug-likeness (QED) is 0.313. The second-order valence-electron chi connectivity index (χ2n) is 7.48. The third-order valence-electron chi connectivity index (χ3n) is 5.67. The molecule has 6 aromatic rings. The molecule has 0 radical (unpaired) electrons. The lowest BCUT2D eigenvalue weighted by atomic mass is 10.0. The second kappa shape index (κ2) is 7.01. The zero-order valence-electron chi connectivity index (χ0n) is 16.3. The molecular formula is C28H19NS. The molecule has 0 bridgehead atoms. The van der Waals surface area contributed by atoms with E-state index in [9.17, 15) is 0 Å². The first kappa shape index (κ1) is 17.3. The third-order valence-corrected chi connectivity index (χ3v) is 6.96. The van der Waals surface area contributed by atoms with E-state index >= 15 is 0 Å². The molecule has 5 aromatic carbocycles. The summed E-state index contributed by atoms with van der Waals surface area (Å²) in [6, 6.07) is 38.8. The average molecular weight is 402 g/mol. The molecule has 0 saturated heterocycles. The Hall–Kier alpha value is -3.62. The number of benzene rings is 5. The minimum Gasteiger partial charge on any atom is -0.354 e. The van der Waals surface area contributed by atoms with Crippen molar-refractivity contribution < 1.29 is 0 Å². The van der Waals surface area contributed by atoms with Crippen molar-refractivity contribution in [1.29, 1.82) is 0 Å². The number of hydrogen-bond acceptors (Lipinski definition) is 2. The maximum atomic E-state index is 3.72. The summed E-state index contributed by atoms with van der Waals surface area (Å²) in [6.45, 7) is 0. The predicted molar refractivity (Wildman–Crippen MR) is 132 cm³/mol. The van der Waals surface area contributed by atoms with Gasteiger partial charge in [-0.05, 0) is 28.6 Å². The van der Waals surface area contributed by atoms with Gasteiger partial charge in [0.1, 0.15) is 0 Å². The van der Waals surface area contributed by atoms with Crippen molar-refractivity contribution in [1.82, 2.24) is 0 Å². The topological polar surface area (TPSA) is 12.0 Å². The fraction of sp³-hybridized carbons (Fsp3) is 0. The number of nitrogens with one attached hydrogen (secondary N) is 1. The van der Waals surface area contributed by atoms with E-state index in [-0.39, 0.29) is 0 Å². The second-order valence-corrected chi connectivity index (χ2v) is 8.50. The van der Waals surface area contributed by atoms with Crippen LogP contribution in [0.2, 0.25) is 0 Å². The van der Waals surface area contributed by atoms with Gasteiger partial charge in [0, 0.05) is 26.5 Å². The van der Waals surface area contributed by atoms with E-state index < -0.39 is 0 Å². The Morgan fingerprint density at radius 3 is 2.00 bits per heavy atom. The molecule has 0 amide bonds. The first-order valence-electron chi connectivity index (χ1n) is 10.1. The summed E-state index contributed by atoms with van der Waals surface area (Å²) in [6.07, 6.45) is 0. The molecule has 1 N–H and O–H groups in total. The van der Waals surface area contributed by atoms with Gasteiger partial charge in [-0.1, -0.05) is 97.1 Å². The number of fused-ring (bicyclic) bond motifs is 4. The molecular weight excluding hydrogens is 382 g/mol. The summed E-state index contributed by atoms with van der Waals surface area (Å²) in [5, 5.41) is 8.83. The van der Waals surface area contributed by atoms with Gasteiger partial charge in [-0.15, -0.1) is 11.3 Å². The predicted octanol–water partition coefficient (Wildman–Crippen LogP) is 8.62. The van der Waals surface area contributed by atoms with Gasteiger partial charge in [0.25, 0.3) is 0 Å². The Labute approximate surface area is 179 Å². The third kappa shape index (κ3) is 2.77. The average Bonchev–Trinajstić information content (AvgIpc) is 3.20. The standard InChI is InChI=1S/C28H19NS/c1-2-9-20(10-3-1)22-14-7-15-23-24-16-8-18-26(28(24)30-27(22)23)29-25-17-6-12-19-11-4-5-13-21(19)25/h1-18,29H. The summed E-state index contributed by atoms with van der Waals surface area (Å²) in [5.41, 5.74) is 4.86. The van der Waals surface area contributed by atoms with Gasteiger partial charge >= 0.3 is 0 Å². The molecule has 0 aliphatic rings. The number of hydrogen-bond donors (Lipinski definition) is 1. The molecule has 0 spiro atoms. The van der Waals surface area contributed by atoms with Crippen LogP contribution in [0.1, 0.15) is 0 Å². The molecule has 0 fully saturated rings. The van der Waals surface area contributed by atoms with Crippen LogP contribution in [0.15, 0.2) is 109 Å². The molecule has 6 rings (SSSR count). The highest BCUT2D eigenvalue weighted by molar-refractivity contribution is 7.27. The molecule has 0 unspecified atom stereocenters. The number of rotatable bonds is 3. The van der Waals surface area contributed by atoms with Crippen LogP contribution in [-0.2, 0) is 0 Å². The fourth-order valence-corrected chi connectivity index (χ4v) is 5.55. The lowest BCUT2D eigenvalue weighted by Gasteiger charge is -2.10. The molecule has 142 valence electrons. The van der Waals surface area contributed by atoms with Gasteiger partial charge in [-0.3, -0.25) is 0 Å². The van der Waals surface area contributed by atoms with E-state index in [0.29, 0.717) is 0 Å². The summed E-state index contributed by atoms with van der Waals surface area (Å²) in [4.78, 5) is 0. The van der Waals surface area contributed by atoms with Crippen LogP contribution in [0, 0.1) is 0 Å². The smallest absolute Gasteiger partial charge is 0.0590 e. The number of anilines is 2. The Morgan fingerprint density at radius 1 is 0.467 bits per heavy atom. The van der Waals surface area contributed by atoms with Gasteiger partial charge in [-0.25, -0.2) is 0 Å². The monoisotopic (exact) mass is 401 g/mol. The highest BCUT2D eigenvalue weighted by Crippen LogP contribution is 2.43. The van der Waals surface area contributed by atoms with Crippen molar-refractivity contribution in [3.8, 4) is 11.1 Å². The normalized spacial score (nSPS) is 11.3. The lowest BCUT2D eigenvalue weighted by molar-refractivity contribution is 1.63. The molecule has 0 saturated carbocycles. The Morgan fingerprint density at radius 2 is 1.10 bits per heavy atom. The molecule has 30 heavy (non-hydrogen) atoms. The molecule has 1 heterocycles. The SMILES string of the molecule is c1ccc(-c2cccc3c2sc2c(Nc4cccc5ccccc45)cccc23)cc1. The highest BCUT2D eigenvalue weighted by Gasteiger charge is 2.13. The van der Waals surface area contributed by atoms with Gasteiger partial charge in [0.2, 0.25) is 0 Å². The van der Waals surface area contributed by atoms with Crippen LogP contribution in [0.3, 0.4) is 0 Å². The number of thiophene rings is 1.